The predicted octanol–water partition coefficient (Wildman–Crippen LogP) is 1.02. The Morgan fingerprint density at radius 3 is 3.00 bits per heavy atom. The second kappa shape index (κ2) is 3.85. The van der Waals surface area contributed by atoms with E-state index in [1.165, 1.54) is 0 Å². The number of epoxide rings is 1. The van der Waals surface area contributed by atoms with E-state index in [0.29, 0.717) is 6.10 Å². The molecule has 1 saturated heterocycles. The number of rotatable bonds is 5. The maximum atomic E-state index is 5.23. The Kier molecular flexibility index (Phi) is 3.01. The average Bonchev–Trinajstić information content (AvgIpc) is 2.63. The highest BCUT2D eigenvalue weighted by molar-refractivity contribution is 4.66. The number of hydrogen-bond acceptors (Lipinski definition) is 2. The smallest absolute Gasteiger partial charge is 0.104 e. The molecule has 0 spiro atoms. The van der Waals surface area contributed by atoms with Gasteiger partial charge in [0.1, 0.15) is 6.10 Å². The summed E-state index contributed by atoms with van der Waals surface area (Å²) in [6, 6.07) is 0. The van der Waals surface area contributed by atoms with E-state index in [1.807, 2.05) is 0 Å². The highest BCUT2D eigenvalue weighted by Crippen LogP contribution is 2.08. The zero-order chi connectivity index (χ0) is 6.53. The van der Waals surface area contributed by atoms with Crippen molar-refractivity contribution in [2.24, 2.45) is 0 Å². The summed E-state index contributed by atoms with van der Waals surface area (Å²) in [6.45, 7) is 6.21. The van der Waals surface area contributed by atoms with Gasteiger partial charge in [0.25, 0.3) is 0 Å². The second-order valence-electron chi connectivity index (χ2n) is 2.24. The summed E-state index contributed by atoms with van der Waals surface area (Å²) in [5, 5.41) is 0. The molecule has 0 aliphatic carbocycles. The molecular weight excluding hydrogens is 116 g/mol. The lowest BCUT2D eigenvalue weighted by Crippen LogP contribution is -2.01. The summed E-state index contributed by atoms with van der Waals surface area (Å²) in [7, 11) is 0. The first-order chi connectivity index (χ1) is 4.43. The minimum absolute atomic E-state index is 0.412. The fraction of sp³-hybridized carbons (Fsp3) is 0.857. The van der Waals surface area contributed by atoms with Crippen molar-refractivity contribution < 1.29 is 9.47 Å². The molecule has 1 fully saturated rings. The van der Waals surface area contributed by atoms with Crippen LogP contribution in [-0.4, -0.2) is 25.9 Å². The van der Waals surface area contributed by atoms with Crippen LogP contribution in [0.2, 0.25) is 0 Å². The Hall–Kier alpha value is -0.0800. The van der Waals surface area contributed by atoms with Crippen LogP contribution in [0.15, 0.2) is 0 Å². The van der Waals surface area contributed by atoms with Crippen LogP contribution in [0.5, 0.6) is 0 Å². The number of hydrogen-bond donors (Lipinski definition) is 0. The minimum Gasteiger partial charge on any atom is -0.379 e. The van der Waals surface area contributed by atoms with Crippen LogP contribution in [0.4, 0.5) is 0 Å². The van der Waals surface area contributed by atoms with Crippen molar-refractivity contribution in [1.29, 1.82) is 0 Å². The fourth-order valence-corrected chi connectivity index (χ4v) is 0.583. The molecule has 2 nitrogen and oxygen atoms in total. The third-order valence-corrected chi connectivity index (χ3v) is 1.24. The van der Waals surface area contributed by atoms with Gasteiger partial charge < -0.3 is 9.47 Å². The second-order valence-corrected chi connectivity index (χ2v) is 2.24. The first-order valence-electron chi connectivity index (χ1n) is 3.42. The van der Waals surface area contributed by atoms with E-state index in [4.69, 9.17) is 9.47 Å². The summed E-state index contributed by atoms with van der Waals surface area (Å²) in [5.74, 6) is 0. The molecule has 0 unspecified atom stereocenters. The quantitative estimate of drug-likeness (QED) is 0.408. The van der Waals surface area contributed by atoms with Gasteiger partial charge >= 0.3 is 0 Å². The van der Waals surface area contributed by atoms with E-state index in [-0.39, 0.29) is 0 Å². The topological polar surface area (TPSA) is 21.8 Å². The van der Waals surface area contributed by atoms with Crippen LogP contribution in [0.3, 0.4) is 0 Å². The monoisotopic (exact) mass is 129 g/mol. The molecule has 0 aromatic heterocycles. The minimum atomic E-state index is 0.412. The zero-order valence-corrected chi connectivity index (χ0v) is 5.64. The first kappa shape index (κ1) is 7.03. The molecule has 1 radical (unpaired) electrons. The van der Waals surface area contributed by atoms with Crippen LogP contribution in [-0.2, 0) is 9.47 Å². The standard InChI is InChI=1S/C7H13O2/c1-2-3-4-8-5-7-6-9-7/h7H,1-6H2/t7-/m1/s1. The van der Waals surface area contributed by atoms with Crippen molar-refractivity contribution in [3.05, 3.63) is 6.92 Å². The van der Waals surface area contributed by atoms with Gasteiger partial charge in [-0.15, -0.1) is 0 Å². The van der Waals surface area contributed by atoms with Gasteiger partial charge in [-0.25, -0.2) is 0 Å². The summed E-state index contributed by atoms with van der Waals surface area (Å²) < 4.78 is 10.2. The maximum absolute atomic E-state index is 5.23. The summed E-state index contributed by atoms with van der Waals surface area (Å²) in [5.41, 5.74) is 0. The van der Waals surface area contributed by atoms with Gasteiger partial charge in [0, 0.05) is 6.61 Å². The average molecular weight is 129 g/mol. The van der Waals surface area contributed by atoms with Crippen molar-refractivity contribution >= 4 is 0 Å². The van der Waals surface area contributed by atoms with Gasteiger partial charge in [-0.3, -0.25) is 0 Å². The van der Waals surface area contributed by atoms with Crippen molar-refractivity contribution in [2.45, 2.75) is 18.9 Å². The van der Waals surface area contributed by atoms with Crippen LogP contribution in [0, 0.1) is 6.92 Å². The SMILES string of the molecule is [CH2]CCCOC[C@@H]1CO1. The molecule has 1 aliphatic heterocycles. The van der Waals surface area contributed by atoms with Gasteiger partial charge in [0.15, 0.2) is 0 Å². The van der Waals surface area contributed by atoms with Gasteiger partial charge in [-0.2, -0.15) is 0 Å². The highest BCUT2D eigenvalue weighted by atomic mass is 16.6. The molecule has 1 rings (SSSR count). The molecule has 0 aromatic carbocycles. The molecule has 1 aliphatic rings. The normalized spacial score (nSPS) is 24.3. The van der Waals surface area contributed by atoms with Crippen LogP contribution in [0.1, 0.15) is 12.8 Å². The van der Waals surface area contributed by atoms with Gasteiger partial charge in [0.2, 0.25) is 0 Å². The van der Waals surface area contributed by atoms with E-state index in [9.17, 15) is 0 Å². The summed E-state index contributed by atoms with van der Waals surface area (Å²) in [6.07, 6.45) is 2.44. The molecule has 9 heavy (non-hydrogen) atoms. The Balaban J connectivity index is 1.71. The largest absolute Gasteiger partial charge is 0.379 e. The molecule has 0 amide bonds. The van der Waals surface area contributed by atoms with Gasteiger partial charge in [-0.1, -0.05) is 13.3 Å². The summed E-state index contributed by atoms with van der Waals surface area (Å²) in [4.78, 5) is 0. The number of ether oxygens (including phenoxy) is 2. The van der Waals surface area contributed by atoms with Crippen LogP contribution in [0.25, 0.3) is 0 Å². The fourth-order valence-electron chi connectivity index (χ4n) is 0.583. The van der Waals surface area contributed by atoms with E-state index < -0.39 is 0 Å². The van der Waals surface area contributed by atoms with Gasteiger partial charge in [0.05, 0.1) is 13.2 Å². The molecule has 1 heterocycles. The van der Waals surface area contributed by atoms with Crippen molar-refractivity contribution in [2.75, 3.05) is 19.8 Å². The van der Waals surface area contributed by atoms with E-state index in [1.54, 1.807) is 0 Å². The molecule has 1 atom stereocenters. The molecule has 0 saturated carbocycles. The van der Waals surface area contributed by atoms with E-state index >= 15 is 0 Å². The van der Waals surface area contributed by atoms with Gasteiger partial charge in [-0.05, 0) is 6.42 Å². The lowest BCUT2D eigenvalue weighted by molar-refractivity contribution is 0.115. The molecule has 0 aromatic rings. The Morgan fingerprint density at radius 2 is 2.44 bits per heavy atom. The molecule has 53 valence electrons. The highest BCUT2D eigenvalue weighted by Gasteiger charge is 2.21. The Labute approximate surface area is 56.2 Å². The first-order valence-corrected chi connectivity index (χ1v) is 3.42. The molecular formula is C7H13O2. The summed E-state index contributed by atoms with van der Waals surface area (Å²) >= 11 is 0. The lowest BCUT2D eigenvalue weighted by Gasteiger charge is -1.97. The molecule has 0 N–H and O–H groups in total. The molecule has 0 bridgehead atoms. The molecule has 2 heteroatoms. The Bertz CT molecular complexity index is 69.3. The third kappa shape index (κ3) is 3.49. The van der Waals surface area contributed by atoms with Crippen molar-refractivity contribution in [1.82, 2.24) is 0 Å². The maximum Gasteiger partial charge on any atom is 0.104 e. The zero-order valence-electron chi connectivity index (χ0n) is 5.64. The van der Waals surface area contributed by atoms with E-state index in [0.717, 1.165) is 32.7 Å². The third-order valence-electron chi connectivity index (χ3n) is 1.24. The number of unbranched alkanes of at least 4 members (excludes halogenated alkanes) is 1. The van der Waals surface area contributed by atoms with Crippen molar-refractivity contribution in [3.8, 4) is 0 Å². The van der Waals surface area contributed by atoms with E-state index in [2.05, 4.69) is 6.92 Å². The van der Waals surface area contributed by atoms with Crippen LogP contribution < -0.4 is 0 Å². The van der Waals surface area contributed by atoms with Crippen molar-refractivity contribution in [3.63, 3.8) is 0 Å². The Morgan fingerprint density at radius 1 is 1.67 bits per heavy atom. The lowest BCUT2D eigenvalue weighted by atomic mass is 10.4. The predicted molar refractivity (Wildman–Crippen MR) is 35.1 cm³/mol. The van der Waals surface area contributed by atoms with Crippen LogP contribution >= 0.6 is 0 Å².